The number of nitrogens with zero attached hydrogens (tertiary/aromatic N) is 2. The fourth-order valence-corrected chi connectivity index (χ4v) is 2.55. The smallest absolute Gasteiger partial charge is 0.267 e. The molecule has 0 bridgehead atoms. The first-order valence-corrected chi connectivity index (χ1v) is 8.58. The van der Waals surface area contributed by atoms with Crippen LogP contribution < -0.4 is 10.1 Å². The van der Waals surface area contributed by atoms with Crippen LogP contribution >= 0.6 is 0 Å². The first kappa shape index (κ1) is 20.6. The van der Waals surface area contributed by atoms with E-state index in [9.17, 15) is 10.1 Å². The van der Waals surface area contributed by atoms with E-state index in [1.54, 1.807) is 19.4 Å². The van der Waals surface area contributed by atoms with Gasteiger partial charge >= 0.3 is 0 Å². The third-order valence-electron chi connectivity index (χ3n) is 3.48. The average molecular weight is 343 g/mol. The van der Waals surface area contributed by atoms with Crippen LogP contribution in [0.25, 0.3) is 0 Å². The van der Waals surface area contributed by atoms with Gasteiger partial charge in [-0.1, -0.05) is 33.8 Å². The fraction of sp³-hybridized carbons (Fsp3) is 0.500. The van der Waals surface area contributed by atoms with Crippen molar-refractivity contribution in [2.24, 2.45) is 11.8 Å². The Morgan fingerprint density at radius 2 is 1.88 bits per heavy atom. The number of aryl methyl sites for hydroxylation is 1. The number of ether oxygens (including phenoxy) is 1. The summed E-state index contributed by atoms with van der Waals surface area (Å²) in [5, 5.41) is 12.2. The molecule has 1 aromatic carbocycles. The van der Waals surface area contributed by atoms with Crippen LogP contribution in [0, 0.1) is 30.1 Å². The number of hydrogen-bond acceptors (Lipinski definition) is 4. The van der Waals surface area contributed by atoms with Gasteiger partial charge < -0.3 is 15.0 Å². The van der Waals surface area contributed by atoms with Crippen molar-refractivity contribution >= 4 is 11.6 Å². The van der Waals surface area contributed by atoms with Crippen LogP contribution in [0.5, 0.6) is 5.75 Å². The molecule has 0 spiro atoms. The van der Waals surface area contributed by atoms with Gasteiger partial charge in [0.05, 0.1) is 12.8 Å². The van der Waals surface area contributed by atoms with E-state index in [1.165, 1.54) is 0 Å². The number of anilines is 1. The molecule has 0 fully saturated rings. The normalized spacial score (nSPS) is 11.4. The molecular formula is C20H29N3O2. The highest BCUT2D eigenvalue weighted by atomic mass is 16.5. The summed E-state index contributed by atoms with van der Waals surface area (Å²) >= 11 is 0. The zero-order valence-electron chi connectivity index (χ0n) is 16.1. The number of carbonyl (C=O) groups excluding carboxylic acids is 1. The molecule has 0 heterocycles. The molecular weight excluding hydrogens is 314 g/mol. The zero-order chi connectivity index (χ0) is 19.0. The lowest BCUT2D eigenvalue weighted by molar-refractivity contribution is -0.112. The molecule has 0 saturated heterocycles. The van der Waals surface area contributed by atoms with E-state index in [0.717, 1.165) is 18.7 Å². The minimum absolute atomic E-state index is 0.0878. The number of rotatable bonds is 8. The number of nitrogens with one attached hydrogen (secondary N) is 1. The van der Waals surface area contributed by atoms with Gasteiger partial charge in [0.2, 0.25) is 0 Å². The lowest BCUT2D eigenvalue weighted by Gasteiger charge is -2.25. The minimum Gasteiger partial charge on any atom is -0.495 e. The van der Waals surface area contributed by atoms with Crippen LogP contribution in [-0.4, -0.2) is 31.0 Å². The SMILES string of the molecule is COc1ccc(C)cc1NC(=O)/C(C#N)=C\N(CC(C)C)CC(C)C. The highest BCUT2D eigenvalue weighted by molar-refractivity contribution is 6.07. The van der Waals surface area contributed by atoms with Crippen LogP contribution in [0.4, 0.5) is 5.69 Å². The van der Waals surface area contributed by atoms with Gasteiger partial charge in [-0.25, -0.2) is 0 Å². The van der Waals surface area contributed by atoms with E-state index in [1.807, 2.05) is 30.0 Å². The first-order chi connectivity index (χ1) is 11.8. The molecule has 25 heavy (non-hydrogen) atoms. The van der Waals surface area contributed by atoms with E-state index in [4.69, 9.17) is 4.74 Å². The summed E-state index contributed by atoms with van der Waals surface area (Å²) < 4.78 is 5.27. The summed E-state index contributed by atoms with van der Waals surface area (Å²) in [7, 11) is 1.55. The highest BCUT2D eigenvalue weighted by Gasteiger charge is 2.15. The van der Waals surface area contributed by atoms with E-state index < -0.39 is 5.91 Å². The van der Waals surface area contributed by atoms with Crippen LogP contribution in [0.1, 0.15) is 33.3 Å². The van der Waals surface area contributed by atoms with Gasteiger partial charge in [0.1, 0.15) is 17.4 Å². The van der Waals surface area contributed by atoms with Crippen molar-refractivity contribution < 1.29 is 9.53 Å². The van der Waals surface area contributed by atoms with Crippen molar-refractivity contribution in [2.75, 3.05) is 25.5 Å². The second-order valence-corrected chi connectivity index (χ2v) is 7.05. The van der Waals surface area contributed by atoms with Gasteiger partial charge in [-0.3, -0.25) is 4.79 Å². The van der Waals surface area contributed by atoms with E-state index >= 15 is 0 Å². The van der Waals surface area contributed by atoms with Gasteiger partial charge in [0.25, 0.3) is 5.91 Å². The van der Waals surface area contributed by atoms with Crippen molar-refractivity contribution in [1.82, 2.24) is 4.90 Å². The second-order valence-electron chi connectivity index (χ2n) is 7.05. The molecule has 5 heteroatoms. The van der Waals surface area contributed by atoms with Crippen molar-refractivity contribution in [3.05, 3.63) is 35.5 Å². The van der Waals surface area contributed by atoms with Gasteiger partial charge in [-0.15, -0.1) is 0 Å². The van der Waals surface area contributed by atoms with E-state index in [0.29, 0.717) is 23.3 Å². The molecule has 0 radical (unpaired) electrons. The molecule has 0 aromatic heterocycles. The largest absolute Gasteiger partial charge is 0.495 e. The summed E-state index contributed by atoms with van der Waals surface area (Å²) in [4.78, 5) is 14.6. The molecule has 1 aromatic rings. The number of nitriles is 1. The summed E-state index contributed by atoms with van der Waals surface area (Å²) in [6.07, 6.45) is 1.66. The van der Waals surface area contributed by atoms with Crippen LogP contribution in [0.15, 0.2) is 30.0 Å². The molecule has 0 unspecified atom stereocenters. The number of amides is 1. The minimum atomic E-state index is -0.427. The summed E-state index contributed by atoms with van der Waals surface area (Å²) in [6.45, 7) is 12.0. The first-order valence-electron chi connectivity index (χ1n) is 8.58. The topological polar surface area (TPSA) is 65.4 Å². The Hall–Kier alpha value is -2.48. The van der Waals surface area contributed by atoms with Crippen molar-refractivity contribution in [2.45, 2.75) is 34.6 Å². The summed E-state index contributed by atoms with van der Waals surface area (Å²) in [5.74, 6) is 1.02. The predicted molar refractivity (Wildman–Crippen MR) is 101 cm³/mol. The summed E-state index contributed by atoms with van der Waals surface area (Å²) in [5.41, 5.74) is 1.65. The monoisotopic (exact) mass is 343 g/mol. The standard InChI is InChI=1S/C20H29N3O2/c1-14(2)11-23(12-15(3)4)13-17(10-21)20(24)22-18-9-16(5)7-8-19(18)25-6/h7-9,13-15H,11-12H2,1-6H3,(H,22,24)/b17-13-. The van der Waals surface area contributed by atoms with Gasteiger partial charge in [-0.2, -0.15) is 5.26 Å². The average Bonchev–Trinajstić information content (AvgIpc) is 2.51. The number of carbonyl (C=O) groups is 1. The van der Waals surface area contributed by atoms with E-state index in [2.05, 4.69) is 33.0 Å². The van der Waals surface area contributed by atoms with Gasteiger partial charge in [-0.05, 0) is 36.5 Å². The van der Waals surface area contributed by atoms with Crippen LogP contribution in [0.3, 0.4) is 0 Å². The molecule has 136 valence electrons. The predicted octanol–water partition coefficient (Wildman–Crippen LogP) is 3.96. The molecule has 1 N–H and O–H groups in total. The van der Waals surface area contributed by atoms with Crippen LogP contribution in [0.2, 0.25) is 0 Å². The Morgan fingerprint density at radius 3 is 2.36 bits per heavy atom. The van der Waals surface area contributed by atoms with Gasteiger partial charge in [0.15, 0.2) is 0 Å². The number of methoxy groups -OCH3 is 1. The Balaban J connectivity index is 3.02. The maximum Gasteiger partial charge on any atom is 0.267 e. The Labute approximate surface area is 151 Å². The zero-order valence-corrected chi connectivity index (χ0v) is 16.1. The van der Waals surface area contributed by atoms with Crippen LogP contribution in [-0.2, 0) is 4.79 Å². The number of hydrogen-bond donors (Lipinski definition) is 1. The van der Waals surface area contributed by atoms with Crippen molar-refractivity contribution in [1.29, 1.82) is 5.26 Å². The quantitative estimate of drug-likeness (QED) is 0.573. The maximum atomic E-state index is 12.5. The van der Waals surface area contributed by atoms with Crippen molar-refractivity contribution in [3.8, 4) is 11.8 Å². The molecule has 0 aliphatic rings. The maximum absolute atomic E-state index is 12.5. The third kappa shape index (κ3) is 6.88. The molecule has 0 atom stereocenters. The molecule has 5 nitrogen and oxygen atoms in total. The summed E-state index contributed by atoms with van der Waals surface area (Å²) in [6, 6.07) is 7.54. The fourth-order valence-electron chi connectivity index (χ4n) is 2.55. The lowest BCUT2D eigenvalue weighted by atomic mass is 10.1. The highest BCUT2D eigenvalue weighted by Crippen LogP contribution is 2.25. The molecule has 0 aliphatic heterocycles. The molecule has 0 saturated carbocycles. The number of benzene rings is 1. The Morgan fingerprint density at radius 1 is 1.28 bits per heavy atom. The van der Waals surface area contributed by atoms with Crippen molar-refractivity contribution in [3.63, 3.8) is 0 Å². The molecule has 1 rings (SSSR count). The Kier molecular flexibility index (Phi) is 8.00. The molecule has 1 amide bonds. The second kappa shape index (κ2) is 9.73. The molecule has 0 aliphatic carbocycles. The third-order valence-corrected chi connectivity index (χ3v) is 3.48. The lowest BCUT2D eigenvalue weighted by Crippen LogP contribution is -2.28. The van der Waals surface area contributed by atoms with Gasteiger partial charge in [0, 0.05) is 19.3 Å². The Bertz CT molecular complexity index is 647. The van der Waals surface area contributed by atoms with E-state index in [-0.39, 0.29) is 5.57 Å².